The summed E-state index contributed by atoms with van der Waals surface area (Å²) in [5, 5.41) is 12.9. The Morgan fingerprint density at radius 1 is 1.13 bits per heavy atom. The van der Waals surface area contributed by atoms with E-state index < -0.39 is 5.97 Å². The molecule has 0 atom stereocenters. The predicted octanol–water partition coefficient (Wildman–Crippen LogP) is 5.81. The van der Waals surface area contributed by atoms with Crippen LogP contribution in [0.5, 0.6) is 0 Å². The summed E-state index contributed by atoms with van der Waals surface area (Å²) in [6, 6.07) is 13.8. The van der Waals surface area contributed by atoms with Crippen LogP contribution in [0.1, 0.15) is 27.2 Å². The Labute approximate surface area is 187 Å². The second-order valence-corrected chi connectivity index (χ2v) is 8.42. The molecule has 0 bridgehead atoms. The number of hydrogen-bond acceptors (Lipinski definition) is 5. The van der Waals surface area contributed by atoms with Gasteiger partial charge in [0, 0.05) is 16.7 Å². The van der Waals surface area contributed by atoms with Crippen LogP contribution in [0.2, 0.25) is 5.02 Å². The number of furan rings is 1. The number of thioether (sulfide) groups is 1. The van der Waals surface area contributed by atoms with Crippen molar-refractivity contribution < 1.29 is 19.1 Å². The molecule has 0 saturated carbocycles. The standard InChI is InChI=1S/C23H17ClN2O4S/c1-12-3-5-15(24)10-18(12)25-23-26-21(27)20(31-23)11-16-6-8-19(30-16)17-7-4-14(22(28)29)9-13(17)2/h3-11H,1-2H3,(H,28,29)(H,25,26,27)/b20-11-. The Morgan fingerprint density at radius 2 is 1.94 bits per heavy atom. The number of benzene rings is 2. The molecule has 31 heavy (non-hydrogen) atoms. The zero-order valence-corrected chi connectivity index (χ0v) is 18.2. The first kappa shape index (κ1) is 21.0. The Balaban J connectivity index is 1.57. The van der Waals surface area contributed by atoms with Crippen LogP contribution in [0.15, 0.2) is 62.8 Å². The minimum Gasteiger partial charge on any atom is -0.478 e. The fourth-order valence-electron chi connectivity index (χ4n) is 3.07. The molecule has 0 spiro atoms. The number of halogens is 1. The Morgan fingerprint density at radius 3 is 2.68 bits per heavy atom. The lowest BCUT2D eigenvalue weighted by Crippen LogP contribution is -2.19. The number of rotatable bonds is 4. The monoisotopic (exact) mass is 452 g/mol. The molecule has 4 rings (SSSR count). The Kier molecular flexibility index (Phi) is 5.71. The number of aromatic carboxylic acids is 1. The summed E-state index contributed by atoms with van der Waals surface area (Å²) < 4.78 is 5.88. The van der Waals surface area contributed by atoms with Crippen LogP contribution in [0.4, 0.5) is 5.69 Å². The maximum absolute atomic E-state index is 12.4. The van der Waals surface area contributed by atoms with Crippen LogP contribution in [0.3, 0.4) is 0 Å². The molecule has 1 aliphatic heterocycles. The zero-order chi connectivity index (χ0) is 22.1. The van der Waals surface area contributed by atoms with Gasteiger partial charge in [0.1, 0.15) is 11.5 Å². The lowest BCUT2D eigenvalue weighted by molar-refractivity contribution is -0.115. The first-order valence-electron chi connectivity index (χ1n) is 9.30. The molecule has 8 heteroatoms. The van der Waals surface area contributed by atoms with Crippen molar-refractivity contribution in [3.8, 4) is 11.3 Å². The SMILES string of the molecule is Cc1ccc(Cl)cc1N=C1NC(=O)/C(=C/c2ccc(-c3ccc(C(=O)O)cc3C)o2)S1. The lowest BCUT2D eigenvalue weighted by atomic mass is 10.0. The second kappa shape index (κ2) is 8.45. The minimum absolute atomic E-state index is 0.218. The Hall–Kier alpha value is -3.29. The quantitative estimate of drug-likeness (QED) is 0.487. The van der Waals surface area contributed by atoms with E-state index in [0.717, 1.165) is 16.7 Å². The number of amides is 1. The van der Waals surface area contributed by atoms with E-state index in [1.54, 1.807) is 42.5 Å². The van der Waals surface area contributed by atoms with Crippen LogP contribution >= 0.6 is 23.4 Å². The molecule has 2 N–H and O–H groups in total. The normalized spacial score (nSPS) is 16.2. The van der Waals surface area contributed by atoms with Gasteiger partial charge in [-0.15, -0.1) is 0 Å². The fourth-order valence-corrected chi connectivity index (χ4v) is 4.05. The van der Waals surface area contributed by atoms with E-state index in [-0.39, 0.29) is 11.5 Å². The van der Waals surface area contributed by atoms with Gasteiger partial charge in [-0.2, -0.15) is 0 Å². The van der Waals surface area contributed by atoms with Crippen LogP contribution in [-0.2, 0) is 4.79 Å². The molecule has 3 aromatic rings. The topological polar surface area (TPSA) is 91.9 Å². The number of carbonyl (C=O) groups excluding carboxylic acids is 1. The third kappa shape index (κ3) is 4.57. The van der Waals surface area contributed by atoms with Crippen molar-refractivity contribution in [2.75, 3.05) is 0 Å². The maximum atomic E-state index is 12.4. The number of aliphatic imine (C=N–C) groups is 1. The molecule has 2 aromatic carbocycles. The minimum atomic E-state index is -0.978. The van der Waals surface area contributed by atoms with Gasteiger partial charge in [0.05, 0.1) is 16.2 Å². The molecule has 1 saturated heterocycles. The van der Waals surface area contributed by atoms with Gasteiger partial charge in [-0.25, -0.2) is 9.79 Å². The molecular weight excluding hydrogens is 436 g/mol. The smallest absolute Gasteiger partial charge is 0.335 e. The maximum Gasteiger partial charge on any atom is 0.335 e. The molecule has 2 heterocycles. The van der Waals surface area contributed by atoms with Gasteiger partial charge in [0.25, 0.3) is 5.91 Å². The molecule has 1 amide bonds. The molecule has 1 aliphatic rings. The van der Waals surface area contributed by atoms with Crippen molar-refractivity contribution >= 4 is 52.2 Å². The van der Waals surface area contributed by atoms with E-state index in [1.165, 1.54) is 17.8 Å². The Bertz CT molecular complexity index is 1280. The van der Waals surface area contributed by atoms with Gasteiger partial charge in [0.15, 0.2) is 5.17 Å². The summed E-state index contributed by atoms with van der Waals surface area (Å²) >= 11 is 7.26. The summed E-state index contributed by atoms with van der Waals surface area (Å²) in [5.41, 5.74) is 3.43. The van der Waals surface area contributed by atoms with E-state index in [4.69, 9.17) is 21.1 Å². The van der Waals surface area contributed by atoms with E-state index in [0.29, 0.717) is 32.3 Å². The zero-order valence-electron chi connectivity index (χ0n) is 16.6. The molecule has 0 unspecified atom stereocenters. The van der Waals surface area contributed by atoms with Crippen molar-refractivity contribution in [3.05, 3.63) is 80.9 Å². The molecule has 156 valence electrons. The summed E-state index contributed by atoms with van der Waals surface area (Å²) in [4.78, 5) is 28.4. The molecule has 1 aromatic heterocycles. The number of amidine groups is 1. The third-order valence-corrected chi connectivity index (χ3v) is 5.83. The van der Waals surface area contributed by atoms with Gasteiger partial charge in [-0.3, -0.25) is 4.79 Å². The predicted molar refractivity (Wildman–Crippen MR) is 123 cm³/mol. The van der Waals surface area contributed by atoms with Gasteiger partial charge in [-0.1, -0.05) is 23.7 Å². The number of nitrogens with zero attached hydrogens (tertiary/aromatic N) is 1. The molecule has 1 fully saturated rings. The van der Waals surface area contributed by atoms with Gasteiger partial charge in [-0.05, 0) is 73.1 Å². The summed E-state index contributed by atoms with van der Waals surface area (Å²) in [7, 11) is 0. The van der Waals surface area contributed by atoms with Gasteiger partial charge < -0.3 is 14.8 Å². The van der Waals surface area contributed by atoms with E-state index >= 15 is 0 Å². The average molecular weight is 453 g/mol. The highest BCUT2D eigenvalue weighted by atomic mass is 35.5. The first-order chi connectivity index (χ1) is 14.8. The summed E-state index contributed by atoms with van der Waals surface area (Å²) in [6.07, 6.45) is 1.65. The summed E-state index contributed by atoms with van der Waals surface area (Å²) in [5.74, 6) is -0.139. The second-order valence-electron chi connectivity index (χ2n) is 6.95. The average Bonchev–Trinajstić information content (AvgIpc) is 3.31. The van der Waals surface area contributed by atoms with Crippen molar-refractivity contribution in [3.63, 3.8) is 0 Å². The number of carboxylic acid groups (broad SMARTS) is 1. The van der Waals surface area contributed by atoms with Gasteiger partial charge >= 0.3 is 5.97 Å². The van der Waals surface area contributed by atoms with Crippen LogP contribution < -0.4 is 5.32 Å². The molecular formula is C23H17ClN2O4S. The number of nitrogens with one attached hydrogen (secondary N) is 1. The highest BCUT2D eigenvalue weighted by Gasteiger charge is 2.24. The fraction of sp³-hybridized carbons (Fsp3) is 0.0870. The van der Waals surface area contributed by atoms with Crippen molar-refractivity contribution in [2.24, 2.45) is 4.99 Å². The van der Waals surface area contributed by atoms with E-state index in [1.807, 2.05) is 19.9 Å². The van der Waals surface area contributed by atoms with Crippen LogP contribution in [0.25, 0.3) is 17.4 Å². The number of carbonyl (C=O) groups is 2. The highest BCUT2D eigenvalue weighted by Crippen LogP contribution is 2.32. The number of aryl methyl sites for hydroxylation is 2. The van der Waals surface area contributed by atoms with Gasteiger partial charge in [0.2, 0.25) is 0 Å². The largest absolute Gasteiger partial charge is 0.478 e. The number of carboxylic acids is 1. The molecule has 0 aliphatic carbocycles. The number of hydrogen-bond donors (Lipinski definition) is 2. The van der Waals surface area contributed by atoms with E-state index in [9.17, 15) is 9.59 Å². The summed E-state index contributed by atoms with van der Waals surface area (Å²) in [6.45, 7) is 3.74. The van der Waals surface area contributed by atoms with E-state index in [2.05, 4.69) is 10.3 Å². The van der Waals surface area contributed by atoms with Crippen molar-refractivity contribution in [1.82, 2.24) is 5.32 Å². The van der Waals surface area contributed by atoms with Crippen LogP contribution in [-0.4, -0.2) is 22.2 Å². The van der Waals surface area contributed by atoms with Crippen molar-refractivity contribution in [1.29, 1.82) is 0 Å². The third-order valence-electron chi connectivity index (χ3n) is 4.68. The highest BCUT2D eigenvalue weighted by molar-refractivity contribution is 8.18. The first-order valence-corrected chi connectivity index (χ1v) is 10.5. The lowest BCUT2D eigenvalue weighted by Gasteiger charge is -2.04. The van der Waals surface area contributed by atoms with Crippen molar-refractivity contribution in [2.45, 2.75) is 13.8 Å². The van der Waals surface area contributed by atoms with Crippen LogP contribution in [0, 0.1) is 13.8 Å². The molecule has 6 nitrogen and oxygen atoms in total. The molecule has 0 radical (unpaired) electrons.